The van der Waals surface area contributed by atoms with Crippen molar-refractivity contribution < 1.29 is 14.4 Å². The molecule has 3 rings (SSSR count). The zero-order valence-electron chi connectivity index (χ0n) is 14.5. The number of carbonyl (C=O) groups excluding carboxylic acids is 3. The van der Waals surface area contributed by atoms with Crippen molar-refractivity contribution in [2.45, 2.75) is 44.7 Å². The summed E-state index contributed by atoms with van der Waals surface area (Å²) in [5.74, 6) is -0.0979. The summed E-state index contributed by atoms with van der Waals surface area (Å²) in [4.78, 5) is 38.4. The SMILES string of the molecule is CC(C(=O)NC(=O)NC1CC1)N1CCC(C(=O)c2ccccc2)CC1. The molecule has 1 aromatic rings. The molecule has 0 bridgehead atoms. The number of imide groups is 1. The summed E-state index contributed by atoms with van der Waals surface area (Å²) in [5.41, 5.74) is 0.753. The molecule has 1 aliphatic carbocycles. The van der Waals surface area contributed by atoms with Gasteiger partial charge in [0.1, 0.15) is 0 Å². The molecule has 1 heterocycles. The van der Waals surface area contributed by atoms with Crippen LogP contribution in [0.5, 0.6) is 0 Å². The number of hydrogen-bond acceptors (Lipinski definition) is 4. The number of ketones is 1. The predicted molar refractivity (Wildman–Crippen MR) is 94.2 cm³/mol. The number of carbonyl (C=O) groups is 3. The molecule has 134 valence electrons. The minimum Gasteiger partial charge on any atom is -0.335 e. The topological polar surface area (TPSA) is 78.5 Å². The first kappa shape index (κ1) is 17.6. The summed E-state index contributed by atoms with van der Waals surface area (Å²) in [5, 5.41) is 5.16. The lowest BCUT2D eigenvalue weighted by Crippen LogP contribution is -2.52. The zero-order valence-corrected chi connectivity index (χ0v) is 14.5. The fourth-order valence-electron chi connectivity index (χ4n) is 3.22. The van der Waals surface area contributed by atoms with E-state index in [2.05, 4.69) is 10.6 Å². The standard InChI is InChI=1S/C19H25N3O3/c1-13(18(24)21-19(25)20-16-7-8-16)22-11-9-15(10-12-22)17(23)14-5-3-2-4-6-14/h2-6,13,15-16H,7-12H2,1H3,(H2,20,21,24,25). The molecule has 3 amide bonds. The van der Waals surface area contributed by atoms with Crippen molar-refractivity contribution in [3.63, 3.8) is 0 Å². The van der Waals surface area contributed by atoms with E-state index in [1.807, 2.05) is 35.2 Å². The molecule has 6 nitrogen and oxygen atoms in total. The monoisotopic (exact) mass is 343 g/mol. The molecule has 25 heavy (non-hydrogen) atoms. The molecule has 1 saturated carbocycles. The van der Waals surface area contributed by atoms with Gasteiger partial charge in [0.15, 0.2) is 5.78 Å². The van der Waals surface area contributed by atoms with Gasteiger partial charge in [0.05, 0.1) is 6.04 Å². The molecule has 1 saturated heterocycles. The summed E-state index contributed by atoms with van der Waals surface area (Å²) in [6.07, 6.45) is 3.44. The van der Waals surface area contributed by atoms with Crippen molar-refractivity contribution in [1.29, 1.82) is 0 Å². The van der Waals surface area contributed by atoms with Crippen molar-refractivity contribution in [3.8, 4) is 0 Å². The van der Waals surface area contributed by atoms with Gasteiger partial charge in [0.25, 0.3) is 0 Å². The highest BCUT2D eigenvalue weighted by Crippen LogP contribution is 2.23. The lowest BCUT2D eigenvalue weighted by atomic mass is 9.88. The Morgan fingerprint density at radius 3 is 2.28 bits per heavy atom. The van der Waals surface area contributed by atoms with Crippen LogP contribution < -0.4 is 10.6 Å². The number of amides is 3. The lowest BCUT2D eigenvalue weighted by Gasteiger charge is -2.34. The van der Waals surface area contributed by atoms with E-state index >= 15 is 0 Å². The van der Waals surface area contributed by atoms with Crippen molar-refractivity contribution in [2.24, 2.45) is 5.92 Å². The number of urea groups is 1. The van der Waals surface area contributed by atoms with Gasteiger partial charge in [-0.25, -0.2) is 4.79 Å². The van der Waals surface area contributed by atoms with E-state index in [0.29, 0.717) is 13.1 Å². The van der Waals surface area contributed by atoms with Crippen molar-refractivity contribution in [2.75, 3.05) is 13.1 Å². The van der Waals surface area contributed by atoms with Gasteiger partial charge in [0.2, 0.25) is 5.91 Å². The van der Waals surface area contributed by atoms with Gasteiger partial charge >= 0.3 is 6.03 Å². The summed E-state index contributed by atoms with van der Waals surface area (Å²) in [6, 6.07) is 8.79. The Morgan fingerprint density at radius 1 is 1.04 bits per heavy atom. The van der Waals surface area contributed by atoms with E-state index in [9.17, 15) is 14.4 Å². The van der Waals surface area contributed by atoms with Crippen LogP contribution in [0.1, 0.15) is 43.0 Å². The van der Waals surface area contributed by atoms with Gasteiger partial charge in [0, 0.05) is 17.5 Å². The number of piperidine rings is 1. The maximum atomic E-state index is 12.5. The van der Waals surface area contributed by atoms with Gasteiger partial charge in [-0.05, 0) is 45.7 Å². The number of hydrogen-bond donors (Lipinski definition) is 2. The third-order valence-electron chi connectivity index (χ3n) is 5.04. The van der Waals surface area contributed by atoms with Crippen LogP contribution >= 0.6 is 0 Å². The van der Waals surface area contributed by atoms with Gasteiger partial charge in [-0.3, -0.25) is 19.8 Å². The van der Waals surface area contributed by atoms with E-state index in [0.717, 1.165) is 31.2 Å². The smallest absolute Gasteiger partial charge is 0.321 e. The first-order valence-electron chi connectivity index (χ1n) is 8.99. The number of nitrogens with zero attached hydrogens (tertiary/aromatic N) is 1. The number of likely N-dealkylation sites (tertiary alicyclic amines) is 1. The summed E-state index contributed by atoms with van der Waals surface area (Å²) in [7, 11) is 0. The van der Waals surface area contributed by atoms with Gasteiger partial charge in [-0.15, -0.1) is 0 Å². The minimum absolute atomic E-state index is 0.00655. The maximum absolute atomic E-state index is 12.5. The number of rotatable bonds is 5. The molecular weight excluding hydrogens is 318 g/mol. The molecule has 0 aromatic heterocycles. The second-order valence-electron chi connectivity index (χ2n) is 6.95. The summed E-state index contributed by atoms with van der Waals surface area (Å²) in [6.45, 7) is 3.17. The number of nitrogens with one attached hydrogen (secondary N) is 2. The van der Waals surface area contributed by atoms with Crippen LogP contribution in [0, 0.1) is 5.92 Å². The van der Waals surface area contributed by atoms with Crippen LogP contribution in [0.3, 0.4) is 0 Å². The minimum atomic E-state index is -0.409. The van der Waals surface area contributed by atoms with E-state index in [1.165, 1.54) is 0 Å². The maximum Gasteiger partial charge on any atom is 0.321 e. The van der Waals surface area contributed by atoms with Gasteiger partial charge < -0.3 is 5.32 Å². The van der Waals surface area contributed by atoms with Crippen molar-refractivity contribution in [3.05, 3.63) is 35.9 Å². The number of Topliss-reactive ketones (excluding diaryl/α,β-unsaturated/α-hetero) is 1. The number of benzene rings is 1. The molecular formula is C19H25N3O3. The van der Waals surface area contributed by atoms with Crippen LogP contribution in [-0.2, 0) is 4.79 Å². The lowest BCUT2D eigenvalue weighted by molar-refractivity contribution is -0.125. The Kier molecular flexibility index (Phi) is 5.48. The molecule has 1 atom stereocenters. The highest BCUT2D eigenvalue weighted by Gasteiger charge is 2.31. The van der Waals surface area contributed by atoms with Crippen LogP contribution in [-0.4, -0.2) is 47.8 Å². The van der Waals surface area contributed by atoms with E-state index in [4.69, 9.17) is 0 Å². The first-order chi connectivity index (χ1) is 12.0. The molecule has 0 spiro atoms. The second-order valence-corrected chi connectivity index (χ2v) is 6.95. The Bertz CT molecular complexity index is 635. The third-order valence-corrected chi connectivity index (χ3v) is 5.04. The average molecular weight is 343 g/mol. The van der Waals surface area contributed by atoms with Crippen molar-refractivity contribution in [1.82, 2.24) is 15.5 Å². The molecule has 6 heteroatoms. The molecule has 2 fully saturated rings. The predicted octanol–water partition coefficient (Wildman–Crippen LogP) is 1.96. The zero-order chi connectivity index (χ0) is 17.8. The highest BCUT2D eigenvalue weighted by molar-refractivity contribution is 5.98. The van der Waals surface area contributed by atoms with Crippen molar-refractivity contribution >= 4 is 17.7 Å². The van der Waals surface area contributed by atoms with Crippen LogP contribution in [0.4, 0.5) is 4.79 Å². The fourth-order valence-corrected chi connectivity index (χ4v) is 3.22. The molecule has 1 aliphatic heterocycles. The Hall–Kier alpha value is -2.21. The third kappa shape index (κ3) is 4.66. The molecule has 0 radical (unpaired) electrons. The quantitative estimate of drug-likeness (QED) is 0.801. The van der Waals surface area contributed by atoms with Gasteiger partial charge in [-0.1, -0.05) is 30.3 Å². The fraction of sp³-hybridized carbons (Fsp3) is 0.526. The Labute approximate surface area is 148 Å². The first-order valence-corrected chi connectivity index (χ1v) is 8.99. The van der Waals surface area contributed by atoms with Crippen LogP contribution in [0.2, 0.25) is 0 Å². The summed E-state index contributed by atoms with van der Waals surface area (Å²) < 4.78 is 0. The van der Waals surface area contributed by atoms with E-state index in [1.54, 1.807) is 6.92 Å². The molecule has 2 aliphatic rings. The second kappa shape index (κ2) is 7.78. The van der Waals surface area contributed by atoms with Crippen LogP contribution in [0.15, 0.2) is 30.3 Å². The van der Waals surface area contributed by atoms with E-state index < -0.39 is 6.03 Å². The van der Waals surface area contributed by atoms with Crippen LogP contribution in [0.25, 0.3) is 0 Å². The Balaban J connectivity index is 1.46. The van der Waals surface area contributed by atoms with Gasteiger partial charge in [-0.2, -0.15) is 0 Å². The largest absolute Gasteiger partial charge is 0.335 e. The molecule has 1 unspecified atom stereocenters. The summed E-state index contributed by atoms with van der Waals surface area (Å²) >= 11 is 0. The highest BCUT2D eigenvalue weighted by atomic mass is 16.2. The molecule has 2 N–H and O–H groups in total. The van der Waals surface area contributed by atoms with E-state index in [-0.39, 0.29) is 29.7 Å². The normalized spacial score (nSPS) is 19.9. The molecule has 1 aromatic carbocycles. The Morgan fingerprint density at radius 2 is 1.68 bits per heavy atom. The average Bonchev–Trinajstić information content (AvgIpc) is 3.45.